The lowest BCUT2D eigenvalue weighted by Gasteiger charge is -1.98. The van der Waals surface area contributed by atoms with E-state index in [2.05, 4.69) is 25.1 Å². The summed E-state index contributed by atoms with van der Waals surface area (Å²) in [6.07, 6.45) is 3.35. The maximum absolute atomic E-state index is 12.3. The molecule has 0 aliphatic heterocycles. The highest BCUT2D eigenvalue weighted by Crippen LogP contribution is 2.27. The molecule has 0 radical (unpaired) electrons. The standard InChI is InChI=1S/C16H13N5O2S2/c1-8-9(2)25-15-12(8)13(22)18-11(19-15)7-24-16-21-20-14(23-16)10-4-3-5-17-6-10/h3-6H,7H2,1-2H3,(H,18,19,22). The van der Waals surface area contributed by atoms with Crippen molar-refractivity contribution in [2.75, 3.05) is 0 Å². The van der Waals surface area contributed by atoms with Gasteiger partial charge in [0.25, 0.3) is 10.8 Å². The van der Waals surface area contributed by atoms with Crippen molar-refractivity contribution < 1.29 is 4.42 Å². The highest BCUT2D eigenvalue weighted by molar-refractivity contribution is 7.98. The molecule has 4 aromatic heterocycles. The Balaban J connectivity index is 1.55. The number of thiophene rings is 1. The van der Waals surface area contributed by atoms with Crippen molar-refractivity contribution in [3.63, 3.8) is 0 Å². The van der Waals surface area contributed by atoms with Crippen molar-refractivity contribution in [2.45, 2.75) is 24.8 Å². The number of thioether (sulfide) groups is 1. The molecule has 9 heteroatoms. The average Bonchev–Trinajstić information content (AvgIpc) is 3.19. The zero-order chi connectivity index (χ0) is 17.4. The number of nitrogens with one attached hydrogen (secondary N) is 1. The van der Waals surface area contributed by atoms with Gasteiger partial charge in [-0.15, -0.1) is 21.5 Å². The first-order chi connectivity index (χ1) is 12.1. The number of H-pyrrole nitrogens is 1. The monoisotopic (exact) mass is 371 g/mol. The molecule has 0 aliphatic rings. The zero-order valence-electron chi connectivity index (χ0n) is 13.4. The van der Waals surface area contributed by atoms with Crippen LogP contribution in [0.25, 0.3) is 21.7 Å². The quantitative estimate of drug-likeness (QED) is 0.549. The Morgan fingerprint density at radius 2 is 2.20 bits per heavy atom. The van der Waals surface area contributed by atoms with Crippen LogP contribution in [-0.2, 0) is 5.75 Å². The first-order valence-corrected chi connectivity index (χ1v) is 9.27. The van der Waals surface area contributed by atoms with E-state index in [4.69, 9.17) is 4.42 Å². The summed E-state index contributed by atoms with van der Waals surface area (Å²) in [4.78, 5) is 25.5. The van der Waals surface area contributed by atoms with E-state index in [-0.39, 0.29) is 5.56 Å². The van der Waals surface area contributed by atoms with E-state index in [1.165, 1.54) is 23.1 Å². The second-order valence-corrected chi connectivity index (χ2v) is 7.51. The minimum Gasteiger partial charge on any atom is -0.411 e. The summed E-state index contributed by atoms with van der Waals surface area (Å²) in [6, 6.07) is 3.66. The van der Waals surface area contributed by atoms with Crippen LogP contribution in [0.4, 0.5) is 0 Å². The lowest BCUT2D eigenvalue weighted by molar-refractivity contribution is 0.465. The van der Waals surface area contributed by atoms with Crippen LogP contribution in [0.3, 0.4) is 0 Å². The second-order valence-electron chi connectivity index (χ2n) is 5.38. The van der Waals surface area contributed by atoms with Crippen molar-refractivity contribution in [1.29, 1.82) is 0 Å². The fraction of sp³-hybridized carbons (Fsp3) is 0.188. The summed E-state index contributed by atoms with van der Waals surface area (Å²) in [5, 5.41) is 9.12. The Morgan fingerprint density at radius 3 is 3.00 bits per heavy atom. The zero-order valence-corrected chi connectivity index (χ0v) is 15.1. The van der Waals surface area contributed by atoms with E-state index in [1.807, 2.05) is 19.9 Å². The smallest absolute Gasteiger partial charge is 0.277 e. The predicted octanol–water partition coefficient (Wildman–Crippen LogP) is 3.34. The number of aromatic amines is 1. The van der Waals surface area contributed by atoms with Gasteiger partial charge in [-0.1, -0.05) is 11.8 Å². The van der Waals surface area contributed by atoms with E-state index < -0.39 is 0 Å². The van der Waals surface area contributed by atoms with Crippen LogP contribution in [0.15, 0.2) is 39.0 Å². The van der Waals surface area contributed by atoms with Gasteiger partial charge in [-0.25, -0.2) is 4.98 Å². The second kappa shape index (κ2) is 6.41. The molecule has 0 aliphatic carbocycles. The fourth-order valence-electron chi connectivity index (χ4n) is 2.37. The number of hydrogen-bond acceptors (Lipinski definition) is 8. The third-order valence-electron chi connectivity index (χ3n) is 3.74. The Kier molecular flexibility index (Phi) is 4.10. The molecule has 0 saturated heterocycles. The number of fused-ring (bicyclic) bond motifs is 1. The molecule has 0 fully saturated rings. The lowest BCUT2D eigenvalue weighted by Crippen LogP contribution is -2.10. The van der Waals surface area contributed by atoms with Crippen LogP contribution in [0.5, 0.6) is 0 Å². The van der Waals surface area contributed by atoms with Gasteiger partial charge in [0.2, 0.25) is 5.89 Å². The molecule has 126 valence electrons. The molecule has 7 nitrogen and oxygen atoms in total. The van der Waals surface area contributed by atoms with Crippen LogP contribution in [0.1, 0.15) is 16.3 Å². The number of pyridine rings is 1. The maximum atomic E-state index is 12.3. The third-order valence-corrected chi connectivity index (χ3v) is 5.67. The van der Waals surface area contributed by atoms with E-state index in [0.717, 1.165) is 20.8 Å². The number of hydrogen-bond donors (Lipinski definition) is 1. The van der Waals surface area contributed by atoms with Crippen molar-refractivity contribution in [2.24, 2.45) is 0 Å². The molecule has 0 amide bonds. The highest BCUT2D eigenvalue weighted by atomic mass is 32.2. The van der Waals surface area contributed by atoms with Crippen LogP contribution in [0.2, 0.25) is 0 Å². The van der Waals surface area contributed by atoms with Crippen molar-refractivity contribution >= 4 is 33.3 Å². The number of aromatic nitrogens is 5. The number of nitrogens with zero attached hydrogens (tertiary/aromatic N) is 4. The maximum Gasteiger partial charge on any atom is 0.277 e. The minimum atomic E-state index is -0.107. The Bertz CT molecular complexity index is 1100. The molecule has 0 aromatic carbocycles. The molecule has 25 heavy (non-hydrogen) atoms. The summed E-state index contributed by atoms with van der Waals surface area (Å²) in [6.45, 7) is 3.94. The van der Waals surface area contributed by atoms with Gasteiger partial charge < -0.3 is 9.40 Å². The van der Waals surface area contributed by atoms with Gasteiger partial charge in [0.15, 0.2) is 0 Å². The van der Waals surface area contributed by atoms with Gasteiger partial charge in [-0.2, -0.15) is 0 Å². The van der Waals surface area contributed by atoms with Crippen molar-refractivity contribution in [1.82, 2.24) is 25.1 Å². The molecule has 0 atom stereocenters. The summed E-state index contributed by atoms with van der Waals surface area (Å²) >= 11 is 2.86. The predicted molar refractivity (Wildman–Crippen MR) is 96.8 cm³/mol. The van der Waals surface area contributed by atoms with Gasteiger partial charge in [0.05, 0.1) is 16.7 Å². The molecule has 4 heterocycles. The van der Waals surface area contributed by atoms with Crippen molar-refractivity contribution in [3.05, 3.63) is 51.1 Å². The summed E-state index contributed by atoms with van der Waals surface area (Å²) in [5.41, 5.74) is 1.65. The molecule has 4 aromatic rings. The molecule has 0 spiro atoms. The van der Waals surface area contributed by atoms with Crippen LogP contribution in [0, 0.1) is 13.8 Å². The molecule has 4 rings (SSSR count). The number of rotatable bonds is 4. The largest absolute Gasteiger partial charge is 0.411 e. The third kappa shape index (κ3) is 3.08. The molecule has 1 N–H and O–H groups in total. The van der Waals surface area contributed by atoms with E-state index in [9.17, 15) is 4.79 Å². The van der Waals surface area contributed by atoms with Crippen molar-refractivity contribution in [3.8, 4) is 11.5 Å². The molecular weight excluding hydrogens is 358 g/mol. The molecule has 0 bridgehead atoms. The Morgan fingerprint density at radius 1 is 1.32 bits per heavy atom. The van der Waals surface area contributed by atoms with Crippen LogP contribution in [-0.4, -0.2) is 25.1 Å². The normalized spacial score (nSPS) is 11.3. The van der Waals surface area contributed by atoms with Gasteiger partial charge in [0.1, 0.15) is 10.7 Å². The average molecular weight is 371 g/mol. The van der Waals surface area contributed by atoms with E-state index in [0.29, 0.717) is 28.1 Å². The Labute approximate surface area is 150 Å². The van der Waals surface area contributed by atoms with Gasteiger partial charge in [-0.3, -0.25) is 9.78 Å². The molecule has 0 unspecified atom stereocenters. The Hall–Kier alpha value is -2.52. The first-order valence-electron chi connectivity index (χ1n) is 7.47. The van der Waals surface area contributed by atoms with Crippen LogP contribution >= 0.6 is 23.1 Å². The van der Waals surface area contributed by atoms with Crippen LogP contribution < -0.4 is 5.56 Å². The minimum absolute atomic E-state index is 0.107. The summed E-state index contributed by atoms with van der Waals surface area (Å²) in [7, 11) is 0. The molecular formula is C16H13N5O2S2. The topological polar surface area (TPSA) is 97.6 Å². The molecule has 0 saturated carbocycles. The first kappa shape index (κ1) is 16.0. The van der Waals surface area contributed by atoms with E-state index >= 15 is 0 Å². The summed E-state index contributed by atoms with van der Waals surface area (Å²) < 4.78 is 5.62. The number of aryl methyl sites for hydroxylation is 2. The van der Waals surface area contributed by atoms with Gasteiger partial charge in [-0.05, 0) is 31.5 Å². The SMILES string of the molecule is Cc1sc2nc(CSc3nnc(-c4cccnc4)o3)[nH]c(=O)c2c1C. The highest BCUT2D eigenvalue weighted by Gasteiger charge is 2.13. The summed E-state index contributed by atoms with van der Waals surface area (Å²) in [5.74, 6) is 1.44. The fourth-order valence-corrected chi connectivity index (χ4v) is 4.05. The van der Waals surface area contributed by atoms with Gasteiger partial charge in [0, 0.05) is 17.3 Å². The van der Waals surface area contributed by atoms with Gasteiger partial charge >= 0.3 is 0 Å². The van der Waals surface area contributed by atoms with E-state index in [1.54, 1.807) is 18.5 Å². The lowest BCUT2D eigenvalue weighted by atomic mass is 10.2.